The highest BCUT2D eigenvalue weighted by molar-refractivity contribution is 7.09. The van der Waals surface area contributed by atoms with Gasteiger partial charge in [0.1, 0.15) is 12.4 Å². The minimum absolute atomic E-state index is 0.233. The molecule has 0 fully saturated rings. The van der Waals surface area contributed by atoms with E-state index < -0.39 is 5.97 Å². The first-order chi connectivity index (χ1) is 7.25. The number of hydrogen-bond donors (Lipinski definition) is 0. The molecule has 2 aromatic rings. The predicted molar refractivity (Wildman–Crippen MR) is 54.7 cm³/mol. The van der Waals surface area contributed by atoms with Crippen LogP contribution >= 0.6 is 11.3 Å². The molecule has 2 aromatic heterocycles. The second-order valence-electron chi connectivity index (χ2n) is 2.95. The van der Waals surface area contributed by atoms with Crippen LogP contribution in [0.4, 0.5) is 0 Å². The van der Waals surface area contributed by atoms with Gasteiger partial charge in [-0.3, -0.25) is 4.98 Å². The minimum Gasteiger partial charge on any atom is -0.454 e. The predicted octanol–water partition coefficient (Wildman–Crippen LogP) is 2.40. The number of thiazole rings is 1. The molecule has 0 amide bonds. The average molecular weight is 223 g/mol. The van der Waals surface area contributed by atoms with Crippen LogP contribution in [0.25, 0.3) is 0 Å². The molecule has 4 nitrogen and oxygen atoms in total. The second kappa shape index (κ2) is 4.27. The molecule has 0 spiro atoms. The zero-order chi connectivity index (χ0) is 10.7. The molecule has 0 aliphatic rings. The molecule has 0 saturated heterocycles. The molecule has 0 N–H and O–H groups in total. The van der Waals surface area contributed by atoms with Crippen molar-refractivity contribution in [1.29, 1.82) is 0 Å². The number of ether oxygens (including phenoxy) is 1. The number of rotatable bonds is 3. The lowest BCUT2D eigenvalue weighted by Crippen LogP contribution is -2.02. The molecular weight excluding hydrogens is 214 g/mol. The van der Waals surface area contributed by atoms with E-state index in [2.05, 4.69) is 4.98 Å². The van der Waals surface area contributed by atoms with Gasteiger partial charge in [0.2, 0.25) is 5.76 Å². The Balaban J connectivity index is 1.93. The largest absolute Gasteiger partial charge is 0.454 e. The van der Waals surface area contributed by atoms with Crippen molar-refractivity contribution in [3.63, 3.8) is 0 Å². The van der Waals surface area contributed by atoms with Gasteiger partial charge in [-0.25, -0.2) is 4.79 Å². The summed E-state index contributed by atoms with van der Waals surface area (Å²) in [5.74, 6) is 0.480. The smallest absolute Gasteiger partial charge is 0.374 e. The van der Waals surface area contributed by atoms with Crippen molar-refractivity contribution in [1.82, 2.24) is 4.98 Å². The van der Waals surface area contributed by atoms with Gasteiger partial charge < -0.3 is 9.15 Å². The summed E-state index contributed by atoms with van der Waals surface area (Å²) < 4.78 is 10.2. The third-order valence-electron chi connectivity index (χ3n) is 1.77. The fraction of sp³-hybridized carbons (Fsp3) is 0.200. The van der Waals surface area contributed by atoms with Crippen LogP contribution in [-0.2, 0) is 11.3 Å². The van der Waals surface area contributed by atoms with E-state index in [1.165, 1.54) is 11.3 Å². The lowest BCUT2D eigenvalue weighted by molar-refractivity contribution is 0.0438. The molecule has 2 rings (SSSR count). The second-order valence-corrected chi connectivity index (χ2v) is 3.93. The number of esters is 1. The third kappa shape index (κ3) is 2.44. The van der Waals surface area contributed by atoms with Gasteiger partial charge in [-0.15, -0.1) is 11.3 Å². The molecule has 0 radical (unpaired) electrons. The Kier molecular flexibility index (Phi) is 2.82. The zero-order valence-corrected chi connectivity index (χ0v) is 8.91. The summed E-state index contributed by atoms with van der Waals surface area (Å²) in [7, 11) is 0. The molecule has 15 heavy (non-hydrogen) atoms. The van der Waals surface area contributed by atoms with Crippen LogP contribution in [0.5, 0.6) is 0 Å². The number of nitrogens with zero attached hydrogens (tertiary/aromatic N) is 1. The summed E-state index contributed by atoms with van der Waals surface area (Å²) in [4.78, 5) is 16.2. The Labute approximate surface area is 90.5 Å². The van der Waals surface area contributed by atoms with Crippen LogP contribution < -0.4 is 0 Å². The standard InChI is InChI=1S/C10H9NO3S/c1-7-2-3-9(14-7)10(12)13-5-8-4-11-6-15-8/h2-4,6H,5H2,1H3. The monoisotopic (exact) mass is 223 g/mol. The number of hydrogen-bond acceptors (Lipinski definition) is 5. The summed E-state index contributed by atoms with van der Waals surface area (Å²) >= 11 is 1.45. The van der Waals surface area contributed by atoms with E-state index in [0.29, 0.717) is 5.76 Å². The number of carbonyl (C=O) groups excluding carboxylic acids is 1. The van der Waals surface area contributed by atoms with Crippen LogP contribution in [0.15, 0.2) is 28.3 Å². The van der Waals surface area contributed by atoms with Crippen LogP contribution in [-0.4, -0.2) is 11.0 Å². The van der Waals surface area contributed by atoms with E-state index in [4.69, 9.17) is 9.15 Å². The van der Waals surface area contributed by atoms with Crippen LogP contribution in [0.3, 0.4) is 0 Å². The lowest BCUT2D eigenvalue weighted by Gasteiger charge is -1.99. The van der Waals surface area contributed by atoms with Crippen molar-refractivity contribution in [3.05, 3.63) is 40.2 Å². The van der Waals surface area contributed by atoms with Crippen LogP contribution in [0.1, 0.15) is 21.2 Å². The summed E-state index contributed by atoms with van der Waals surface area (Å²) in [5.41, 5.74) is 1.69. The molecule has 0 aliphatic carbocycles. The van der Waals surface area contributed by atoms with E-state index in [-0.39, 0.29) is 12.4 Å². The number of aromatic nitrogens is 1. The van der Waals surface area contributed by atoms with Crippen molar-refractivity contribution < 1.29 is 13.9 Å². The van der Waals surface area contributed by atoms with Gasteiger partial charge in [0.05, 0.1) is 10.4 Å². The lowest BCUT2D eigenvalue weighted by atomic mass is 10.4. The summed E-state index contributed by atoms with van der Waals surface area (Å²) in [6.07, 6.45) is 1.67. The molecule has 0 aliphatic heterocycles. The first kappa shape index (κ1) is 9.92. The van der Waals surface area contributed by atoms with E-state index >= 15 is 0 Å². The first-order valence-corrected chi connectivity index (χ1v) is 5.24. The molecule has 5 heteroatoms. The number of aryl methyl sites for hydroxylation is 1. The Morgan fingerprint density at radius 3 is 3.07 bits per heavy atom. The zero-order valence-electron chi connectivity index (χ0n) is 8.10. The van der Waals surface area contributed by atoms with Crippen molar-refractivity contribution in [3.8, 4) is 0 Å². The normalized spacial score (nSPS) is 10.2. The van der Waals surface area contributed by atoms with Gasteiger partial charge in [0.15, 0.2) is 0 Å². The SMILES string of the molecule is Cc1ccc(C(=O)OCc2cncs2)o1. The minimum atomic E-state index is -0.448. The highest BCUT2D eigenvalue weighted by Crippen LogP contribution is 2.11. The van der Waals surface area contributed by atoms with Crippen LogP contribution in [0, 0.1) is 6.92 Å². The highest BCUT2D eigenvalue weighted by atomic mass is 32.1. The maximum Gasteiger partial charge on any atom is 0.374 e. The maximum absolute atomic E-state index is 11.4. The van der Waals surface area contributed by atoms with Crippen molar-refractivity contribution in [2.75, 3.05) is 0 Å². The Morgan fingerprint density at radius 1 is 1.60 bits per heavy atom. The number of carbonyl (C=O) groups is 1. The number of furan rings is 1. The van der Waals surface area contributed by atoms with Gasteiger partial charge in [-0.1, -0.05) is 0 Å². The molecule has 78 valence electrons. The maximum atomic E-state index is 11.4. The Hall–Kier alpha value is -1.62. The first-order valence-electron chi connectivity index (χ1n) is 4.36. The van der Waals surface area contributed by atoms with E-state index in [1.54, 1.807) is 30.8 Å². The highest BCUT2D eigenvalue weighted by Gasteiger charge is 2.11. The summed E-state index contributed by atoms with van der Waals surface area (Å²) in [6, 6.07) is 3.33. The van der Waals surface area contributed by atoms with Crippen molar-refractivity contribution >= 4 is 17.3 Å². The molecule has 0 unspecified atom stereocenters. The van der Waals surface area contributed by atoms with E-state index in [1.807, 2.05) is 0 Å². The topological polar surface area (TPSA) is 52.3 Å². The van der Waals surface area contributed by atoms with Crippen LogP contribution in [0.2, 0.25) is 0 Å². The van der Waals surface area contributed by atoms with Gasteiger partial charge >= 0.3 is 5.97 Å². The quantitative estimate of drug-likeness (QED) is 0.750. The average Bonchev–Trinajstić information content (AvgIpc) is 2.84. The molecule has 0 aromatic carbocycles. The van der Waals surface area contributed by atoms with E-state index in [0.717, 1.165) is 4.88 Å². The Bertz CT molecular complexity index is 447. The van der Waals surface area contributed by atoms with Crippen molar-refractivity contribution in [2.24, 2.45) is 0 Å². The van der Waals surface area contributed by atoms with E-state index in [9.17, 15) is 4.79 Å². The van der Waals surface area contributed by atoms with Gasteiger partial charge in [0, 0.05) is 6.20 Å². The third-order valence-corrected chi connectivity index (χ3v) is 2.52. The molecule has 2 heterocycles. The van der Waals surface area contributed by atoms with Gasteiger partial charge in [0.25, 0.3) is 0 Å². The molecular formula is C10H9NO3S. The van der Waals surface area contributed by atoms with Gasteiger partial charge in [-0.2, -0.15) is 0 Å². The van der Waals surface area contributed by atoms with Gasteiger partial charge in [-0.05, 0) is 19.1 Å². The van der Waals surface area contributed by atoms with Crippen molar-refractivity contribution in [2.45, 2.75) is 13.5 Å². The Morgan fingerprint density at radius 2 is 2.47 bits per heavy atom. The summed E-state index contributed by atoms with van der Waals surface area (Å²) in [5, 5.41) is 0. The molecule has 0 bridgehead atoms. The fourth-order valence-corrected chi connectivity index (χ4v) is 1.57. The molecule has 0 atom stereocenters. The summed E-state index contributed by atoms with van der Waals surface area (Å²) in [6.45, 7) is 2.02. The molecule has 0 saturated carbocycles. The fourth-order valence-electron chi connectivity index (χ4n) is 1.07.